The molecule has 2 aliphatic rings. The van der Waals surface area contributed by atoms with Gasteiger partial charge in [0.25, 0.3) is 0 Å². The summed E-state index contributed by atoms with van der Waals surface area (Å²) in [7, 11) is 1.68. The molecule has 1 aliphatic carbocycles. The van der Waals surface area contributed by atoms with Crippen molar-refractivity contribution < 1.29 is 9.53 Å². The van der Waals surface area contributed by atoms with Gasteiger partial charge in [-0.15, -0.1) is 0 Å². The number of pyridine rings is 1. The van der Waals surface area contributed by atoms with E-state index in [0.717, 1.165) is 67.2 Å². The third-order valence-corrected chi connectivity index (χ3v) is 7.81. The first-order valence-electron chi connectivity index (χ1n) is 13.1. The Hall–Kier alpha value is -2.14. The highest BCUT2D eigenvalue weighted by Gasteiger charge is 2.28. The van der Waals surface area contributed by atoms with Crippen LogP contribution < -0.4 is 9.64 Å². The maximum Gasteiger partial charge on any atom is 0.229 e. The Bertz CT molecular complexity index is 933. The second-order valence-electron chi connectivity index (χ2n) is 10.0. The van der Waals surface area contributed by atoms with Crippen molar-refractivity contribution in [2.75, 3.05) is 38.2 Å². The second kappa shape index (κ2) is 11.3. The number of amides is 1. The molecule has 1 atom stereocenters. The van der Waals surface area contributed by atoms with Crippen LogP contribution >= 0.6 is 0 Å². The molecule has 1 aromatic carbocycles. The topological polar surface area (TPSA) is 45.7 Å². The van der Waals surface area contributed by atoms with Crippen LogP contribution in [0, 0.1) is 11.8 Å². The van der Waals surface area contributed by atoms with Gasteiger partial charge in [0.15, 0.2) is 0 Å². The molecule has 0 saturated heterocycles. The van der Waals surface area contributed by atoms with E-state index >= 15 is 0 Å². The summed E-state index contributed by atoms with van der Waals surface area (Å²) in [4.78, 5) is 22.8. The molecule has 0 N–H and O–H groups in total. The van der Waals surface area contributed by atoms with Crippen molar-refractivity contribution in [3.8, 4) is 5.75 Å². The average Bonchev–Trinajstić information content (AvgIpc) is 2.87. The molecule has 0 spiro atoms. The molecule has 0 radical (unpaired) electrons. The van der Waals surface area contributed by atoms with E-state index in [1.54, 1.807) is 7.11 Å². The molecule has 1 aromatic heterocycles. The number of hydrogen-bond acceptors (Lipinski definition) is 4. The molecule has 2 aromatic rings. The monoisotopic (exact) mass is 451 g/mol. The van der Waals surface area contributed by atoms with Gasteiger partial charge in [-0.25, -0.2) is 0 Å². The summed E-state index contributed by atoms with van der Waals surface area (Å²) in [5.74, 6) is 1.97. The van der Waals surface area contributed by atoms with Crippen LogP contribution in [-0.2, 0) is 11.2 Å². The van der Waals surface area contributed by atoms with Crippen LogP contribution in [0.2, 0.25) is 0 Å². The Kier molecular flexibility index (Phi) is 8.24. The predicted molar refractivity (Wildman–Crippen MR) is 136 cm³/mol. The molecule has 4 rings (SSSR count). The van der Waals surface area contributed by atoms with Crippen molar-refractivity contribution in [2.45, 2.75) is 71.6 Å². The van der Waals surface area contributed by atoms with Gasteiger partial charge >= 0.3 is 0 Å². The van der Waals surface area contributed by atoms with Crippen molar-refractivity contribution >= 4 is 22.5 Å². The largest absolute Gasteiger partial charge is 0.497 e. The maximum atomic E-state index is 13.6. The fourth-order valence-corrected chi connectivity index (χ4v) is 5.62. The molecule has 1 unspecified atom stereocenters. The molecular formula is C28H41N3O2. The zero-order valence-corrected chi connectivity index (χ0v) is 20.8. The van der Waals surface area contributed by atoms with Crippen molar-refractivity contribution in [1.29, 1.82) is 0 Å². The fraction of sp³-hybridized carbons (Fsp3) is 0.643. The Labute approximate surface area is 199 Å². The maximum absolute atomic E-state index is 13.6. The minimum Gasteiger partial charge on any atom is -0.497 e. The standard InChI is InChI=1S/C28H41N3O2/c1-4-30(18-15-22-9-6-5-7-10-22)17-14-21(2)28(32)31-16-8-11-23-20-29-26-13-12-24(33-3)19-25(26)27(23)31/h12-13,19-22H,4-11,14-18H2,1-3H3. The average molecular weight is 452 g/mol. The molecule has 2 heterocycles. The van der Waals surface area contributed by atoms with Crippen molar-refractivity contribution in [1.82, 2.24) is 9.88 Å². The van der Waals surface area contributed by atoms with Gasteiger partial charge in [0.05, 0.1) is 18.3 Å². The van der Waals surface area contributed by atoms with Crippen LogP contribution in [0.1, 0.15) is 70.8 Å². The highest BCUT2D eigenvalue weighted by Crippen LogP contribution is 2.36. The minimum atomic E-state index is 0.00787. The Balaban J connectivity index is 1.42. The SMILES string of the molecule is CCN(CCC1CCCCC1)CCC(C)C(=O)N1CCCc2cnc3ccc(OC)cc3c21. The third kappa shape index (κ3) is 5.68. The van der Waals surface area contributed by atoms with E-state index in [-0.39, 0.29) is 11.8 Å². The van der Waals surface area contributed by atoms with Gasteiger partial charge in [-0.2, -0.15) is 0 Å². The highest BCUT2D eigenvalue weighted by molar-refractivity contribution is 6.05. The van der Waals surface area contributed by atoms with Crippen LogP contribution in [-0.4, -0.2) is 49.1 Å². The number of methoxy groups -OCH3 is 1. The van der Waals surface area contributed by atoms with Crippen LogP contribution in [0.4, 0.5) is 5.69 Å². The predicted octanol–water partition coefficient (Wildman–Crippen LogP) is 5.84. The van der Waals surface area contributed by atoms with Crippen LogP contribution in [0.3, 0.4) is 0 Å². The van der Waals surface area contributed by atoms with E-state index in [9.17, 15) is 4.79 Å². The number of anilines is 1. The number of aryl methyl sites for hydroxylation is 1. The number of hydrogen-bond donors (Lipinski definition) is 0. The molecule has 180 valence electrons. The van der Waals surface area contributed by atoms with Crippen molar-refractivity contribution in [3.63, 3.8) is 0 Å². The zero-order valence-electron chi connectivity index (χ0n) is 20.8. The molecule has 1 saturated carbocycles. The first-order chi connectivity index (χ1) is 16.1. The summed E-state index contributed by atoms with van der Waals surface area (Å²) in [6, 6.07) is 5.95. The van der Waals surface area contributed by atoms with Gasteiger partial charge in [0.2, 0.25) is 5.91 Å². The van der Waals surface area contributed by atoms with E-state index in [1.165, 1.54) is 50.6 Å². The van der Waals surface area contributed by atoms with Crippen LogP contribution in [0.25, 0.3) is 10.9 Å². The van der Waals surface area contributed by atoms with E-state index < -0.39 is 0 Å². The van der Waals surface area contributed by atoms with Crippen molar-refractivity contribution in [2.24, 2.45) is 11.8 Å². The van der Waals surface area contributed by atoms with Gasteiger partial charge in [-0.1, -0.05) is 46.0 Å². The first kappa shape index (κ1) is 24.0. The normalized spacial score (nSPS) is 17.9. The molecule has 1 aliphatic heterocycles. The fourth-order valence-electron chi connectivity index (χ4n) is 5.62. The molecule has 5 heteroatoms. The lowest BCUT2D eigenvalue weighted by Crippen LogP contribution is -2.40. The second-order valence-corrected chi connectivity index (χ2v) is 10.0. The number of nitrogens with zero attached hydrogens (tertiary/aromatic N) is 3. The van der Waals surface area contributed by atoms with Crippen LogP contribution in [0.5, 0.6) is 5.75 Å². The molecular weight excluding hydrogens is 410 g/mol. The molecule has 0 bridgehead atoms. The van der Waals surface area contributed by atoms with Gasteiger partial charge in [-0.3, -0.25) is 9.78 Å². The number of rotatable bonds is 9. The summed E-state index contributed by atoms with van der Waals surface area (Å²) in [6.07, 6.45) is 13.2. The summed E-state index contributed by atoms with van der Waals surface area (Å²) in [5.41, 5.74) is 3.14. The Morgan fingerprint density at radius 2 is 2.03 bits per heavy atom. The number of benzene rings is 1. The van der Waals surface area contributed by atoms with E-state index in [4.69, 9.17) is 4.74 Å². The lowest BCUT2D eigenvalue weighted by molar-refractivity contribution is -0.122. The third-order valence-electron chi connectivity index (χ3n) is 7.81. The summed E-state index contributed by atoms with van der Waals surface area (Å²) in [6.45, 7) is 8.38. The molecule has 5 nitrogen and oxygen atoms in total. The number of fused-ring (bicyclic) bond motifs is 3. The van der Waals surface area contributed by atoms with Gasteiger partial charge < -0.3 is 14.5 Å². The smallest absolute Gasteiger partial charge is 0.229 e. The van der Waals surface area contributed by atoms with Gasteiger partial charge in [-0.05, 0) is 75.0 Å². The summed E-state index contributed by atoms with van der Waals surface area (Å²) >= 11 is 0. The quantitative estimate of drug-likeness (QED) is 0.480. The number of carbonyl (C=O) groups is 1. The van der Waals surface area contributed by atoms with Gasteiger partial charge in [0.1, 0.15) is 5.75 Å². The lowest BCUT2D eigenvalue weighted by Gasteiger charge is -2.33. The molecule has 1 fully saturated rings. The lowest BCUT2D eigenvalue weighted by atomic mass is 9.87. The Morgan fingerprint density at radius 3 is 2.79 bits per heavy atom. The summed E-state index contributed by atoms with van der Waals surface area (Å²) in [5, 5.41) is 1.02. The van der Waals surface area contributed by atoms with E-state index in [1.807, 2.05) is 29.3 Å². The van der Waals surface area contributed by atoms with Crippen molar-refractivity contribution in [3.05, 3.63) is 30.0 Å². The zero-order chi connectivity index (χ0) is 23.2. The number of ether oxygens (including phenoxy) is 1. The Morgan fingerprint density at radius 1 is 1.21 bits per heavy atom. The number of aromatic nitrogens is 1. The van der Waals surface area contributed by atoms with E-state index in [0.29, 0.717) is 0 Å². The van der Waals surface area contributed by atoms with E-state index in [2.05, 4.69) is 23.7 Å². The number of carbonyl (C=O) groups excluding carboxylic acids is 1. The highest BCUT2D eigenvalue weighted by atomic mass is 16.5. The molecule has 33 heavy (non-hydrogen) atoms. The molecule has 1 amide bonds. The van der Waals surface area contributed by atoms with Gasteiger partial charge in [0, 0.05) is 24.0 Å². The first-order valence-corrected chi connectivity index (χ1v) is 13.1. The summed E-state index contributed by atoms with van der Waals surface area (Å²) < 4.78 is 5.46. The van der Waals surface area contributed by atoms with Crippen LogP contribution in [0.15, 0.2) is 24.4 Å². The minimum absolute atomic E-state index is 0.00787.